The van der Waals surface area contributed by atoms with E-state index in [1.807, 2.05) is 16.8 Å². The Morgan fingerprint density at radius 3 is 3.00 bits per heavy atom. The Balaban J connectivity index is 1.65. The number of benzene rings is 1. The summed E-state index contributed by atoms with van der Waals surface area (Å²) in [6.45, 7) is 4.08. The van der Waals surface area contributed by atoms with E-state index in [2.05, 4.69) is 21.7 Å². The summed E-state index contributed by atoms with van der Waals surface area (Å²) in [5.41, 5.74) is 1.34. The van der Waals surface area contributed by atoms with Gasteiger partial charge in [-0.25, -0.2) is 4.98 Å². The molecule has 0 saturated carbocycles. The second kappa shape index (κ2) is 7.67. The molecule has 9 heteroatoms. The zero-order valence-corrected chi connectivity index (χ0v) is 16.4. The smallest absolute Gasteiger partial charge is 0.262 e. The van der Waals surface area contributed by atoms with Crippen LogP contribution in [0.2, 0.25) is 5.02 Å². The molecular formula is C18H13ClN4O2S2. The lowest BCUT2D eigenvalue weighted by Crippen LogP contribution is -2.22. The topological polar surface area (TPSA) is 73.8 Å². The van der Waals surface area contributed by atoms with Crippen molar-refractivity contribution in [3.05, 3.63) is 68.9 Å². The number of halogens is 1. The highest BCUT2D eigenvalue weighted by Gasteiger charge is 2.14. The van der Waals surface area contributed by atoms with Gasteiger partial charge in [0.05, 0.1) is 16.7 Å². The summed E-state index contributed by atoms with van der Waals surface area (Å²) in [6, 6.07) is 6.99. The molecule has 0 aliphatic rings. The molecule has 0 aliphatic heterocycles. The van der Waals surface area contributed by atoms with Gasteiger partial charge in [-0.1, -0.05) is 34.6 Å². The first-order valence-corrected chi connectivity index (χ1v) is 10.3. The minimum Gasteiger partial charge on any atom is -0.338 e. The first kappa shape index (κ1) is 18.0. The number of fused-ring (bicyclic) bond motifs is 1. The molecule has 4 rings (SSSR count). The van der Waals surface area contributed by atoms with Gasteiger partial charge in [0.2, 0.25) is 11.7 Å². The molecule has 0 amide bonds. The molecule has 0 radical (unpaired) electrons. The fourth-order valence-electron chi connectivity index (χ4n) is 2.52. The first-order chi connectivity index (χ1) is 13.2. The van der Waals surface area contributed by atoms with Crippen molar-refractivity contribution in [1.82, 2.24) is 19.7 Å². The van der Waals surface area contributed by atoms with Crippen molar-refractivity contribution in [1.29, 1.82) is 0 Å². The van der Waals surface area contributed by atoms with Crippen LogP contribution in [-0.2, 0) is 12.3 Å². The standard InChI is InChI=1S/C18H13ClN4O2S2/c1-2-6-23-17(24)13-4-3-12(19)8-14(13)20-18(23)27-10-15-21-16(22-25-15)11-5-7-26-9-11/h2-5,7-9H,1,6,10H2. The van der Waals surface area contributed by atoms with Crippen LogP contribution in [0.15, 0.2) is 62.2 Å². The summed E-state index contributed by atoms with van der Waals surface area (Å²) in [5, 5.41) is 9.50. The highest BCUT2D eigenvalue weighted by Crippen LogP contribution is 2.25. The highest BCUT2D eigenvalue weighted by molar-refractivity contribution is 7.98. The summed E-state index contributed by atoms with van der Waals surface area (Å²) >= 11 is 8.97. The summed E-state index contributed by atoms with van der Waals surface area (Å²) < 4.78 is 6.89. The van der Waals surface area contributed by atoms with Gasteiger partial charge in [0.15, 0.2) is 5.16 Å². The second-order valence-corrected chi connectivity index (χ2v) is 7.73. The third kappa shape index (κ3) is 3.69. The van der Waals surface area contributed by atoms with Gasteiger partial charge in [0, 0.05) is 22.5 Å². The monoisotopic (exact) mass is 416 g/mol. The van der Waals surface area contributed by atoms with E-state index in [0.717, 1.165) is 5.56 Å². The summed E-state index contributed by atoms with van der Waals surface area (Å²) in [5.74, 6) is 1.41. The van der Waals surface area contributed by atoms with Crippen LogP contribution < -0.4 is 5.56 Å². The average Bonchev–Trinajstić information content (AvgIpc) is 3.34. The van der Waals surface area contributed by atoms with Crippen LogP contribution in [0, 0.1) is 0 Å². The van der Waals surface area contributed by atoms with Gasteiger partial charge >= 0.3 is 0 Å². The van der Waals surface area contributed by atoms with Gasteiger partial charge in [0.1, 0.15) is 0 Å². The van der Waals surface area contributed by atoms with Crippen LogP contribution in [0.3, 0.4) is 0 Å². The lowest BCUT2D eigenvalue weighted by Gasteiger charge is -2.10. The maximum absolute atomic E-state index is 12.8. The molecule has 0 aliphatic carbocycles. The van der Waals surface area contributed by atoms with Crippen molar-refractivity contribution in [2.45, 2.75) is 17.5 Å². The Bertz CT molecular complexity index is 1170. The Labute approximate surface area is 167 Å². The van der Waals surface area contributed by atoms with Crippen LogP contribution in [-0.4, -0.2) is 19.7 Å². The Kier molecular flexibility index (Phi) is 5.11. The average molecular weight is 417 g/mol. The molecule has 4 aromatic rings. The fourth-order valence-corrected chi connectivity index (χ4v) is 4.17. The Hall–Kier alpha value is -2.42. The zero-order chi connectivity index (χ0) is 18.8. The maximum atomic E-state index is 12.8. The summed E-state index contributed by atoms with van der Waals surface area (Å²) in [4.78, 5) is 21.8. The van der Waals surface area contributed by atoms with Crippen molar-refractivity contribution in [2.24, 2.45) is 0 Å². The number of thioether (sulfide) groups is 1. The van der Waals surface area contributed by atoms with E-state index in [0.29, 0.717) is 45.1 Å². The van der Waals surface area contributed by atoms with Crippen LogP contribution in [0.4, 0.5) is 0 Å². The first-order valence-electron chi connectivity index (χ1n) is 7.94. The predicted octanol–water partition coefficient (Wildman–Crippen LogP) is 4.64. The van der Waals surface area contributed by atoms with E-state index in [4.69, 9.17) is 16.1 Å². The fraction of sp³-hybridized carbons (Fsp3) is 0.111. The normalized spacial score (nSPS) is 11.1. The number of allylic oxidation sites excluding steroid dienone is 1. The number of hydrogen-bond acceptors (Lipinski definition) is 7. The van der Waals surface area contributed by atoms with Crippen LogP contribution in [0.25, 0.3) is 22.3 Å². The quantitative estimate of drug-likeness (QED) is 0.259. The Morgan fingerprint density at radius 2 is 2.22 bits per heavy atom. The summed E-state index contributed by atoms with van der Waals surface area (Å²) in [7, 11) is 0. The number of rotatable bonds is 6. The van der Waals surface area contributed by atoms with E-state index >= 15 is 0 Å². The molecule has 0 unspecified atom stereocenters. The van der Waals surface area contributed by atoms with Crippen molar-refractivity contribution in [2.75, 3.05) is 0 Å². The third-order valence-electron chi connectivity index (χ3n) is 3.77. The number of aromatic nitrogens is 4. The molecule has 0 atom stereocenters. The van der Waals surface area contributed by atoms with Crippen LogP contribution >= 0.6 is 34.7 Å². The molecule has 3 aromatic heterocycles. The van der Waals surface area contributed by atoms with E-state index in [9.17, 15) is 4.79 Å². The summed E-state index contributed by atoms with van der Waals surface area (Å²) in [6.07, 6.45) is 1.66. The molecule has 3 heterocycles. The minimum atomic E-state index is -0.136. The molecular weight excluding hydrogens is 404 g/mol. The molecule has 0 fully saturated rings. The molecule has 6 nitrogen and oxygen atoms in total. The zero-order valence-electron chi connectivity index (χ0n) is 14.0. The lowest BCUT2D eigenvalue weighted by molar-refractivity contribution is 0.391. The second-order valence-electron chi connectivity index (χ2n) is 5.57. The van der Waals surface area contributed by atoms with Gasteiger partial charge in [0.25, 0.3) is 5.56 Å². The number of thiophene rings is 1. The largest absolute Gasteiger partial charge is 0.338 e. The van der Waals surface area contributed by atoms with Gasteiger partial charge in [-0.3, -0.25) is 9.36 Å². The van der Waals surface area contributed by atoms with Crippen molar-refractivity contribution in [3.63, 3.8) is 0 Å². The van der Waals surface area contributed by atoms with E-state index in [1.165, 1.54) is 11.8 Å². The number of nitrogens with zero attached hydrogens (tertiary/aromatic N) is 4. The van der Waals surface area contributed by atoms with Crippen LogP contribution in [0.1, 0.15) is 5.89 Å². The lowest BCUT2D eigenvalue weighted by atomic mass is 10.2. The van der Waals surface area contributed by atoms with Crippen molar-refractivity contribution < 1.29 is 4.52 Å². The van der Waals surface area contributed by atoms with E-state index in [-0.39, 0.29) is 5.56 Å². The van der Waals surface area contributed by atoms with Crippen molar-refractivity contribution >= 4 is 45.6 Å². The van der Waals surface area contributed by atoms with Gasteiger partial charge in [-0.05, 0) is 29.6 Å². The molecule has 0 N–H and O–H groups in total. The molecule has 1 aromatic carbocycles. The molecule has 0 bridgehead atoms. The number of hydrogen-bond donors (Lipinski definition) is 0. The molecule has 0 saturated heterocycles. The molecule has 27 heavy (non-hydrogen) atoms. The van der Waals surface area contributed by atoms with Crippen LogP contribution in [0.5, 0.6) is 0 Å². The Morgan fingerprint density at radius 1 is 1.33 bits per heavy atom. The maximum Gasteiger partial charge on any atom is 0.262 e. The SMILES string of the molecule is C=CCn1c(SCc2nc(-c3ccsc3)no2)nc2cc(Cl)ccc2c1=O. The van der Waals surface area contributed by atoms with Crippen molar-refractivity contribution in [3.8, 4) is 11.4 Å². The van der Waals surface area contributed by atoms with Gasteiger partial charge in [-0.15, -0.1) is 6.58 Å². The van der Waals surface area contributed by atoms with Gasteiger partial charge in [-0.2, -0.15) is 16.3 Å². The molecule has 0 spiro atoms. The third-order valence-corrected chi connectivity index (χ3v) is 5.65. The predicted molar refractivity (Wildman–Crippen MR) is 108 cm³/mol. The van der Waals surface area contributed by atoms with Gasteiger partial charge < -0.3 is 4.52 Å². The van der Waals surface area contributed by atoms with E-state index < -0.39 is 0 Å². The highest BCUT2D eigenvalue weighted by atomic mass is 35.5. The molecule has 136 valence electrons. The van der Waals surface area contributed by atoms with E-state index in [1.54, 1.807) is 40.2 Å². The minimum absolute atomic E-state index is 0.136.